The van der Waals surface area contributed by atoms with E-state index in [0.717, 1.165) is 29.5 Å². The highest BCUT2D eigenvalue weighted by Gasteiger charge is 2.21. The van der Waals surface area contributed by atoms with Crippen molar-refractivity contribution < 1.29 is 4.79 Å². The Morgan fingerprint density at radius 2 is 2.33 bits per heavy atom. The Morgan fingerprint density at radius 3 is 3.14 bits per heavy atom. The van der Waals surface area contributed by atoms with Gasteiger partial charge >= 0.3 is 0 Å². The summed E-state index contributed by atoms with van der Waals surface area (Å²) in [6.45, 7) is 1.23. The summed E-state index contributed by atoms with van der Waals surface area (Å²) in [5.41, 5.74) is 6.49. The van der Waals surface area contributed by atoms with Crippen LogP contribution in [-0.4, -0.2) is 28.5 Å². The predicted molar refractivity (Wildman–Crippen MR) is 82.6 cm³/mol. The van der Waals surface area contributed by atoms with Crippen LogP contribution in [0.3, 0.4) is 0 Å². The number of nitrogens with two attached hydrogens (primary N) is 1. The molecule has 0 fully saturated rings. The highest BCUT2D eigenvalue weighted by atomic mass is 32.1. The maximum absolute atomic E-state index is 12.6. The highest BCUT2D eigenvalue weighted by molar-refractivity contribution is 7.18. The molecular formula is C14H18N4O2S. The number of fused-ring (bicyclic) bond motifs is 3. The van der Waals surface area contributed by atoms with Gasteiger partial charge in [0.1, 0.15) is 4.83 Å². The van der Waals surface area contributed by atoms with E-state index in [-0.39, 0.29) is 17.9 Å². The van der Waals surface area contributed by atoms with Crippen LogP contribution < -0.4 is 16.6 Å². The molecule has 0 unspecified atom stereocenters. The summed E-state index contributed by atoms with van der Waals surface area (Å²) in [4.78, 5) is 30.6. The van der Waals surface area contributed by atoms with E-state index >= 15 is 0 Å². The van der Waals surface area contributed by atoms with Crippen molar-refractivity contribution in [2.75, 3.05) is 13.1 Å². The van der Waals surface area contributed by atoms with Crippen LogP contribution in [-0.2, 0) is 24.2 Å². The summed E-state index contributed by atoms with van der Waals surface area (Å²) in [5, 5.41) is 3.46. The minimum Gasteiger partial charge on any atom is -0.355 e. The fourth-order valence-corrected chi connectivity index (χ4v) is 3.92. The van der Waals surface area contributed by atoms with Crippen molar-refractivity contribution in [3.63, 3.8) is 0 Å². The molecule has 2 aromatic heterocycles. The number of carbonyl (C=O) groups excluding carboxylic acids is 1. The average molecular weight is 306 g/mol. The van der Waals surface area contributed by atoms with Crippen molar-refractivity contribution in [1.29, 1.82) is 0 Å². The molecule has 112 valence electrons. The van der Waals surface area contributed by atoms with Crippen molar-refractivity contribution in [2.45, 2.75) is 32.2 Å². The van der Waals surface area contributed by atoms with Crippen LogP contribution in [0.1, 0.15) is 23.3 Å². The minimum atomic E-state index is -0.0944. The quantitative estimate of drug-likeness (QED) is 0.837. The first-order valence-corrected chi connectivity index (χ1v) is 7.99. The summed E-state index contributed by atoms with van der Waals surface area (Å²) in [7, 11) is 0. The second kappa shape index (κ2) is 5.95. The Morgan fingerprint density at radius 1 is 1.48 bits per heavy atom. The molecule has 0 radical (unpaired) electrons. The molecule has 0 bridgehead atoms. The van der Waals surface area contributed by atoms with Crippen LogP contribution in [0.2, 0.25) is 0 Å². The first-order valence-electron chi connectivity index (χ1n) is 7.17. The molecular weight excluding hydrogens is 288 g/mol. The van der Waals surface area contributed by atoms with Crippen LogP contribution in [0.4, 0.5) is 0 Å². The molecule has 3 rings (SSSR count). The number of thiophene rings is 1. The molecule has 0 spiro atoms. The molecule has 0 atom stereocenters. The smallest absolute Gasteiger partial charge is 0.262 e. The summed E-state index contributed by atoms with van der Waals surface area (Å²) in [5.74, 6) is -0.0944. The lowest BCUT2D eigenvalue weighted by Crippen LogP contribution is -2.31. The molecule has 0 saturated heterocycles. The Kier molecular flexibility index (Phi) is 4.03. The summed E-state index contributed by atoms with van der Waals surface area (Å²) in [6.07, 6.45) is 4.95. The molecule has 21 heavy (non-hydrogen) atoms. The topological polar surface area (TPSA) is 90.0 Å². The van der Waals surface area contributed by atoms with Crippen LogP contribution >= 0.6 is 11.3 Å². The summed E-state index contributed by atoms with van der Waals surface area (Å²) < 4.78 is 1.54. The maximum atomic E-state index is 12.6. The standard InChI is InChI=1S/C14H18N4O2S/c15-5-6-16-11(19)4-7-18-8-17-13-12(14(18)20)9-2-1-3-10(9)21-13/h8H,1-7,15H2,(H,16,19). The number of aromatic nitrogens is 2. The number of aryl methyl sites for hydroxylation is 3. The number of rotatable bonds is 5. The van der Waals surface area contributed by atoms with Gasteiger partial charge in [0.25, 0.3) is 5.56 Å². The van der Waals surface area contributed by atoms with Crippen molar-refractivity contribution in [3.05, 3.63) is 27.1 Å². The molecule has 7 heteroatoms. The number of nitrogens with one attached hydrogen (secondary N) is 1. The van der Waals surface area contributed by atoms with Gasteiger partial charge in [-0.25, -0.2) is 4.98 Å². The third kappa shape index (κ3) is 2.71. The number of amides is 1. The fraction of sp³-hybridized carbons (Fsp3) is 0.500. The normalized spacial score (nSPS) is 13.6. The van der Waals surface area contributed by atoms with Gasteiger partial charge in [-0.15, -0.1) is 11.3 Å². The van der Waals surface area contributed by atoms with Gasteiger partial charge in [-0.3, -0.25) is 14.2 Å². The van der Waals surface area contributed by atoms with Gasteiger partial charge < -0.3 is 11.1 Å². The second-order valence-electron chi connectivity index (χ2n) is 5.17. The lowest BCUT2D eigenvalue weighted by Gasteiger charge is -2.06. The minimum absolute atomic E-state index is 0.0222. The van der Waals surface area contributed by atoms with Crippen molar-refractivity contribution in [3.8, 4) is 0 Å². The molecule has 0 aliphatic heterocycles. The first kappa shape index (κ1) is 14.2. The van der Waals surface area contributed by atoms with Gasteiger partial charge in [-0.05, 0) is 24.8 Å². The molecule has 3 N–H and O–H groups in total. The Hall–Kier alpha value is -1.73. The van der Waals surface area contributed by atoms with Crippen molar-refractivity contribution in [1.82, 2.24) is 14.9 Å². The van der Waals surface area contributed by atoms with E-state index in [2.05, 4.69) is 10.3 Å². The molecule has 1 amide bonds. The lowest BCUT2D eigenvalue weighted by molar-refractivity contribution is -0.121. The number of hydrogen-bond acceptors (Lipinski definition) is 5. The van der Waals surface area contributed by atoms with Crippen LogP contribution in [0.25, 0.3) is 10.2 Å². The molecule has 6 nitrogen and oxygen atoms in total. The predicted octanol–water partition coefficient (Wildman–Crippen LogP) is 0.412. The van der Waals surface area contributed by atoms with E-state index in [0.29, 0.717) is 19.6 Å². The third-order valence-electron chi connectivity index (χ3n) is 3.74. The Balaban J connectivity index is 1.82. The monoisotopic (exact) mass is 306 g/mol. The van der Waals surface area contributed by atoms with Gasteiger partial charge in [-0.1, -0.05) is 0 Å². The van der Waals surface area contributed by atoms with Crippen LogP contribution in [0, 0.1) is 0 Å². The summed E-state index contributed by atoms with van der Waals surface area (Å²) >= 11 is 1.63. The SMILES string of the molecule is NCCNC(=O)CCn1cnc2sc3c(c2c1=O)CCC3. The molecule has 0 saturated carbocycles. The second-order valence-corrected chi connectivity index (χ2v) is 6.25. The van der Waals surface area contributed by atoms with Crippen molar-refractivity contribution >= 4 is 27.5 Å². The Bertz CT molecular complexity index is 734. The van der Waals surface area contributed by atoms with E-state index in [1.807, 2.05) is 0 Å². The van der Waals surface area contributed by atoms with Crippen LogP contribution in [0.5, 0.6) is 0 Å². The van der Waals surface area contributed by atoms with E-state index in [1.54, 1.807) is 17.7 Å². The zero-order valence-electron chi connectivity index (χ0n) is 11.7. The van der Waals surface area contributed by atoms with Gasteiger partial charge in [0.05, 0.1) is 11.7 Å². The van der Waals surface area contributed by atoms with Gasteiger partial charge in [0.2, 0.25) is 5.91 Å². The largest absolute Gasteiger partial charge is 0.355 e. The highest BCUT2D eigenvalue weighted by Crippen LogP contribution is 2.34. The molecule has 2 heterocycles. The van der Waals surface area contributed by atoms with Gasteiger partial charge in [-0.2, -0.15) is 0 Å². The average Bonchev–Trinajstić information content (AvgIpc) is 3.04. The fourth-order valence-electron chi connectivity index (χ4n) is 2.70. The van der Waals surface area contributed by atoms with Crippen LogP contribution in [0.15, 0.2) is 11.1 Å². The molecule has 1 aliphatic rings. The van der Waals surface area contributed by atoms with E-state index in [1.165, 1.54) is 15.0 Å². The molecule has 1 aliphatic carbocycles. The zero-order valence-corrected chi connectivity index (χ0v) is 12.5. The van der Waals surface area contributed by atoms with E-state index in [9.17, 15) is 9.59 Å². The third-order valence-corrected chi connectivity index (χ3v) is 4.94. The Labute approximate surface area is 126 Å². The first-order chi connectivity index (χ1) is 10.2. The lowest BCUT2D eigenvalue weighted by atomic mass is 10.2. The summed E-state index contributed by atoms with van der Waals surface area (Å²) in [6, 6.07) is 0. The maximum Gasteiger partial charge on any atom is 0.262 e. The number of carbonyl (C=O) groups is 1. The number of hydrogen-bond donors (Lipinski definition) is 2. The zero-order chi connectivity index (χ0) is 14.8. The van der Waals surface area contributed by atoms with Gasteiger partial charge in [0, 0.05) is 30.9 Å². The van der Waals surface area contributed by atoms with Gasteiger partial charge in [0.15, 0.2) is 0 Å². The molecule has 0 aromatic carbocycles. The molecule has 2 aromatic rings. The van der Waals surface area contributed by atoms with Crippen molar-refractivity contribution in [2.24, 2.45) is 5.73 Å². The number of nitrogens with zero attached hydrogens (tertiary/aromatic N) is 2. The van der Waals surface area contributed by atoms with E-state index < -0.39 is 0 Å². The van der Waals surface area contributed by atoms with E-state index in [4.69, 9.17) is 5.73 Å².